The van der Waals surface area contributed by atoms with Crippen molar-refractivity contribution in [3.05, 3.63) is 47.0 Å². The fourth-order valence-electron chi connectivity index (χ4n) is 2.56. The number of ether oxygens (including phenoxy) is 1. The van der Waals surface area contributed by atoms with Crippen molar-refractivity contribution in [3.63, 3.8) is 0 Å². The summed E-state index contributed by atoms with van der Waals surface area (Å²) >= 11 is 6.01. The molecule has 142 valence electrons. The highest BCUT2D eigenvalue weighted by Crippen LogP contribution is 2.30. The van der Waals surface area contributed by atoms with Crippen molar-refractivity contribution < 1.29 is 22.7 Å². The van der Waals surface area contributed by atoms with Gasteiger partial charge >= 0.3 is 0 Å². The Hall–Kier alpha value is -2.58. The van der Waals surface area contributed by atoms with Crippen LogP contribution in [0.4, 0.5) is 11.4 Å². The van der Waals surface area contributed by atoms with E-state index in [4.69, 9.17) is 16.3 Å². The summed E-state index contributed by atoms with van der Waals surface area (Å²) in [7, 11) is -3.71. The Labute approximate surface area is 161 Å². The number of anilines is 2. The summed E-state index contributed by atoms with van der Waals surface area (Å²) in [4.78, 5) is 23.5. The lowest BCUT2D eigenvalue weighted by atomic mass is 10.2. The van der Waals surface area contributed by atoms with Gasteiger partial charge in [0, 0.05) is 17.1 Å². The van der Waals surface area contributed by atoms with Crippen LogP contribution >= 0.6 is 11.6 Å². The average molecular weight is 409 g/mol. The molecule has 0 radical (unpaired) electrons. The molecule has 0 bridgehead atoms. The third kappa shape index (κ3) is 4.40. The summed E-state index contributed by atoms with van der Waals surface area (Å²) in [6.45, 7) is 1.65. The molecule has 1 aliphatic heterocycles. The second-order valence-electron chi connectivity index (χ2n) is 6.02. The van der Waals surface area contributed by atoms with Crippen LogP contribution in [0.2, 0.25) is 5.02 Å². The molecule has 3 rings (SSSR count). The Morgan fingerprint density at radius 2 is 2.07 bits per heavy atom. The summed E-state index contributed by atoms with van der Waals surface area (Å²) in [6.07, 6.45) is -0.214. The molecule has 9 heteroatoms. The molecule has 2 aromatic rings. The Balaban J connectivity index is 1.68. The Morgan fingerprint density at radius 3 is 2.85 bits per heavy atom. The van der Waals surface area contributed by atoms with Crippen molar-refractivity contribution in [1.82, 2.24) is 0 Å². The van der Waals surface area contributed by atoms with Gasteiger partial charge < -0.3 is 15.4 Å². The number of halogens is 1. The molecule has 1 heterocycles. The van der Waals surface area contributed by atoms with Gasteiger partial charge in [0.2, 0.25) is 5.91 Å². The molecule has 7 nitrogen and oxygen atoms in total. The van der Waals surface area contributed by atoms with Crippen LogP contribution in [0, 0.1) is 6.92 Å². The summed E-state index contributed by atoms with van der Waals surface area (Å²) in [5, 5.41) is 5.74. The maximum atomic E-state index is 12.5. The summed E-state index contributed by atoms with van der Waals surface area (Å²) in [5.41, 5.74) is 1.55. The molecule has 0 aliphatic carbocycles. The van der Waals surface area contributed by atoms with Gasteiger partial charge in [0.25, 0.3) is 5.91 Å². The first-order chi connectivity index (χ1) is 12.8. The van der Waals surface area contributed by atoms with Gasteiger partial charge in [-0.05, 0) is 42.8 Å². The van der Waals surface area contributed by atoms with E-state index in [2.05, 4.69) is 10.6 Å². The van der Waals surface area contributed by atoms with E-state index in [9.17, 15) is 18.0 Å². The van der Waals surface area contributed by atoms with Crippen LogP contribution in [-0.2, 0) is 19.4 Å². The van der Waals surface area contributed by atoms with Gasteiger partial charge in [-0.15, -0.1) is 0 Å². The lowest BCUT2D eigenvalue weighted by molar-refractivity contribution is -0.118. The Bertz CT molecular complexity index is 1020. The zero-order valence-electron chi connectivity index (χ0n) is 14.4. The van der Waals surface area contributed by atoms with Crippen molar-refractivity contribution in [2.75, 3.05) is 23.0 Å². The van der Waals surface area contributed by atoms with Crippen LogP contribution in [0.1, 0.15) is 12.0 Å². The van der Waals surface area contributed by atoms with Crippen LogP contribution in [0.25, 0.3) is 0 Å². The van der Waals surface area contributed by atoms with E-state index in [1.807, 2.05) is 0 Å². The van der Waals surface area contributed by atoms with E-state index in [0.29, 0.717) is 27.7 Å². The molecule has 1 aliphatic rings. The quantitative estimate of drug-likeness (QED) is 0.792. The third-order valence-electron chi connectivity index (χ3n) is 4.08. The minimum atomic E-state index is -3.71. The number of carbonyl (C=O) groups excluding carboxylic acids is 2. The highest BCUT2D eigenvalue weighted by Gasteiger charge is 2.22. The van der Waals surface area contributed by atoms with E-state index >= 15 is 0 Å². The molecule has 0 fully saturated rings. The zero-order valence-corrected chi connectivity index (χ0v) is 16.0. The second-order valence-corrected chi connectivity index (χ2v) is 8.54. The molecule has 0 unspecified atom stereocenters. The van der Waals surface area contributed by atoms with E-state index < -0.39 is 15.7 Å². The minimum absolute atomic E-state index is 0.0128. The van der Waals surface area contributed by atoms with Gasteiger partial charge in [-0.3, -0.25) is 9.59 Å². The fourth-order valence-corrected chi connectivity index (χ4v) is 3.99. The van der Waals surface area contributed by atoms with Crippen LogP contribution in [0.5, 0.6) is 5.75 Å². The number of hydrogen-bond acceptors (Lipinski definition) is 5. The van der Waals surface area contributed by atoms with Gasteiger partial charge in [0.15, 0.2) is 16.4 Å². The normalized spacial score (nSPS) is 13.3. The molecule has 0 saturated carbocycles. The second kappa shape index (κ2) is 7.58. The molecule has 0 atom stereocenters. The highest BCUT2D eigenvalue weighted by molar-refractivity contribution is 7.91. The zero-order chi connectivity index (χ0) is 19.6. The summed E-state index contributed by atoms with van der Waals surface area (Å²) < 4.78 is 30.3. The third-order valence-corrected chi connectivity index (χ3v) is 6.21. The summed E-state index contributed by atoms with van der Waals surface area (Å²) in [6, 6.07) is 9.31. The number of nitrogens with one attached hydrogen (secondary N) is 2. The van der Waals surface area contributed by atoms with Crippen LogP contribution < -0.4 is 15.4 Å². The Kier molecular flexibility index (Phi) is 5.38. The topological polar surface area (TPSA) is 102 Å². The van der Waals surface area contributed by atoms with Crippen molar-refractivity contribution in [2.24, 2.45) is 0 Å². The minimum Gasteiger partial charge on any atom is -0.482 e. The molecule has 0 spiro atoms. The molecule has 2 N–H and O–H groups in total. The number of benzene rings is 2. The van der Waals surface area contributed by atoms with E-state index in [1.54, 1.807) is 25.1 Å². The van der Waals surface area contributed by atoms with Crippen LogP contribution in [0.15, 0.2) is 41.3 Å². The fraction of sp³-hybridized carbons (Fsp3) is 0.222. The van der Waals surface area contributed by atoms with Gasteiger partial charge in [-0.2, -0.15) is 0 Å². The lowest BCUT2D eigenvalue weighted by Crippen LogP contribution is -2.25. The largest absolute Gasteiger partial charge is 0.482 e. The lowest BCUT2D eigenvalue weighted by Gasteiger charge is -2.18. The van der Waals surface area contributed by atoms with Crippen molar-refractivity contribution >= 4 is 44.6 Å². The summed E-state index contributed by atoms with van der Waals surface area (Å²) in [5.74, 6) is -0.749. The first-order valence-corrected chi connectivity index (χ1v) is 10.1. The highest BCUT2D eigenvalue weighted by atomic mass is 35.5. The Morgan fingerprint density at radius 1 is 1.30 bits per heavy atom. The number of rotatable bonds is 5. The van der Waals surface area contributed by atoms with Crippen molar-refractivity contribution in [3.8, 4) is 5.75 Å². The predicted octanol–water partition coefficient (Wildman–Crippen LogP) is 2.78. The van der Waals surface area contributed by atoms with Gasteiger partial charge in [0.05, 0.1) is 16.3 Å². The van der Waals surface area contributed by atoms with Crippen molar-refractivity contribution in [2.45, 2.75) is 18.2 Å². The van der Waals surface area contributed by atoms with Gasteiger partial charge in [0.1, 0.15) is 5.75 Å². The number of hydrogen-bond donors (Lipinski definition) is 2. The van der Waals surface area contributed by atoms with E-state index in [1.165, 1.54) is 18.2 Å². The van der Waals surface area contributed by atoms with Crippen molar-refractivity contribution in [1.29, 1.82) is 0 Å². The standard InChI is InChI=1S/C18H17ClN2O5S/c1-11-13(19)3-2-4-14(11)20-17(22)7-8-27(24,25)12-5-6-16-15(9-12)21-18(23)10-26-16/h2-6,9H,7-8,10H2,1H3,(H,20,22)(H,21,23). The van der Waals surface area contributed by atoms with E-state index in [0.717, 1.165) is 0 Å². The van der Waals surface area contributed by atoms with Crippen LogP contribution in [-0.4, -0.2) is 32.6 Å². The number of carbonyl (C=O) groups is 2. The maximum absolute atomic E-state index is 12.5. The predicted molar refractivity (Wildman–Crippen MR) is 102 cm³/mol. The number of sulfone groups is 1. The van der Waals surface area contributed by atoms with Gasteiger partial charge in [-0.25, -0.2) is 8.42 Å². The molecule has 2 amide bonds. The maximum Gasteiger partial charge on any atom is 0.262 e. The molecular formula is C18H17ClN2O5S. The molecular weight excluding hydrogens is 392 g/mol. The SMILES string of the molecule is Cc1c(Cl)cccc1NC(=O)CCS(=O)(=O)c1ccc2c(c1)NC(=O)CO2. The first kappa shape index (κ1) is 19.2. The monoisotopic (exact) mass is 408 g/mol. The van der Waals surface area contributed by atoms with E-state index in [-0.39, 0.29) is 29.6 Å². The average Bonchev–Trinajstić information content (AvgIpc) is 2.63. The molecule has 27 heavy (non-hydrogen) atoms. The molecule has 0 aromatic heterocycles. The first-order valence-electron chi connectivity index (χ1n) is 8.11. The number of fused-ring (bicyclic) bond motifs is 1. The molecule has 0 saturated heterocycles. The van der Waals surface area contributed by atoms with Crippen LogP contribution in [0.3, 0.4) is 0 Å². The molecule has 2 aromatic carbocycles. The van der Waals surface area contributed by atoms with Gasteiger partial charge in [-0.1, -0.05) is 17.7 Å². The number of amides is 2. The smallest absolute Gasteiger partial charge is 0.262 e.